The van der Waals surface area contributed by atoms with Crippen LogP contribution in [-0.4, -0.2) is 60.0 Å². The molecule has 2 aliphatic heterocycles. The Labute approximate surface area is 126 Å². The summed E-state index contributed by atoms with van der Waals surface area (Å²) in [6, 6.07) is 0. The van der Waals surface area contributed by atoms with E-state index in [-0.39, 0.29) is 24.0 Å². The lowest BCUT2D eigenvalue weighted by Gasteiger charge is -2.37. The summed E-state index contributed by atoms with van der Waals surface area (Å²) in [5.74, 6) is 0.289. The van der Waals surface area contributed by atoms with Crippen molar-refractivity contribution in [3.63, 3.8) is 0 Å². The number of hydrogen-bond acceptors (Lipinski definition) is 3. The summed E-state index contributed by atoms with van der Waals surface area (Å²) in [7, 11) is 0. The van der Waals surface area contributed by atoms with Gasteiger partial charge in [0, 0.05) is 38.2 Å². The Balaban J connectivity index is 2.01. The fourth-order valence-corrected chi connectivity index (χ4v) is 3.53. The third-order valence-corrected chi connectivity index (χ3v) is 4.69. The number of hydrogen-bond donors (Lipinski definition) is 0. The van der Waals surface area contributed by atoms with Crippen molar-refractivity contribution in [2.24, 2.45) is 0 Å². The summed E-state index contributed by atoms with van der Waals surface area (Å²) in [4.78, 5) is 28.0. The largest absolute Gasteiger partial charge is 0.372 e. The van der Waals surface area contributed by atoms with Crippen LogP contribution in [0.5, 0.6) is 0 Å². The molecule has 0 saturated carbocycles. The van der Waals surface area contributed by atoms with Gasteiger partial charge in [0.05, 0.1) is 0 Å². The average molecular weight is 294 g/mol. The summed E-state index contributed by atoms with van der Waals surface area (Å²) in [6.07, 6.45) is 6.12. The molecule has 0 N–H and O–H groups in total. The molecule has 0 aromatic carbocycles. The standard InChI is InChI=1S/C16H26N2O3/c1-3-10-18-14(19)6-8-16(18)7-5-11-17(12-9-16)15(20)13-21-4-2/h3H,1,4-13H2,2H3. The Hall–Kier alpha value is -1.36. The Kier molecular flexibility index (Phi) is 5.39. The zero-order valence-electron chi connectivity index (χ0n) is 13.0. The summed E-state index contributed by atoms with van der Waals surface area (Å²) < 4.78 is 5.21. The second-order valence-corrected chi connectivity index (χ2v) is 5.89. The molecule has 2 aliphatic rings. The molecule has 21 heavy (non-hydrogen) atoms. The summed E-state index contributed by atoms with van der Waals surface area (Å²) >= 11 is 0. The molecule has 1 atom stereocenters. The van der Waals surface area contributed by atoms with Crippen LogP contribution in [-0.2, 0) is 14.3 Å². The van der Waals surface area contributed by atoms with Crippen LogP contribution in [0.1, 0.15) is 39.0 Å². The lowest BCUT2D eigenvalue weighted by atomic mass is 9.88. The van der Waals surface area contributed by atoms with E-state index in [0.717, 1.165) is 32.2 Å². The SMILES string of the molecule is C=CCN1C(=O)CCC12CCCN(C(=O)COCC)CC2. The van der Waals surface area contributed by atoms with E-state index in [1.807, 2.05) is 16.7 Å². The smallest absolute Gasteiger partial charge is 0.248 e. The van der Waals surface area contributed by atoms with Gasteiger partial charge in [-0.3, -0.25) is 9.59 Å². The third kappa shape index (κ3) is 3.46. The predicted molar refractivity (Wildman–Crippen MR) is 80.8 cm³/mol. The molecule has 2 rings (SSSR count). The van der Waals surface area contributed by atoms with Gasteiger partial charge >= 0.3 is 0 Å². The molecule has 0 radical (unpaired) electrons. The fraction of sp³-hybridized carbons (Fsp3) is 0.750. The summed E-state index contributed by atoms with van der Waals surface area (Å²) in [6.45, 7) is 8.48. The Bertz CT molecular complexity index is 410. The zero-order valence-corrected chi connectivity index (χ0v) is 13.0. The molecule has 2 fully saturated rings. The van der Waals surface area contributed by atoms with Gasteiger partial charge in [-0.1, -0.05) is 6.08 Å². The van der Waals surface area contributed by atoms with E-state index in [9.17, 15) is 9.59 Å². The number of rotatable bonds is 5. The molecule has 118 valence electrons. The van der Waals surface area contributed by atoms with Crippen LogP contribution in [0, 0.1) is 0 Å². The Morgan fingerprint density at radius 2 is 2.19 bits per heavy atom. The van der Waals surface area contributed by atoms with Crippen LogP contribution in [0.4, 0.5) is 0 Å². The monoisotopic (exact) mass is 294 g/mol. The van der Waals surface area contributed by atoms with Crippen LogP contribution < -0.4 is 0 Å². The zero-order chi connectivity index (χ0) is 15.3. The van der Waals surface area contributed by atoms with Crippen LogP contribution in [0.25, 0.3) is 0 Å². The average Bonchev–Trinajstić information content (AvgIpc) is 2.67. The van der Waals surface area contributed by atoms with Crippen LogP contribution in [0.2, 0.25) is 0 Å². The van der Waals surface area contributed by atoms with Gasteiger partial charge in [0.15, 0.2) is 0 Å². The first-order chi connectivity index (χ1) is 10.1. The molecule has 2 amide bonds. The molecule has 0 aliphatic carbocycles. The van der Waals surface area contributed by atoms with Crippen molar-refractivity contribution >= 4 is 11.8 Å². The highest BCUT2D eigenvalue weighted by Crippen LogP contribution is 2.38. The van der Waals surface area contributed by atoms with Crippen LogP contribution in [0.15, 0.2) is 12.7 Å². The van der Waals surface area contributed by atoms with Gasteiger partial charge in [-0.05, 0) is 32.6 Å². The molecule has 1 unspecified atom stereocenters. The van der Waals surface area contributed by atoms with E-state index in [0.29, 0.717) is 26.1 Å². The number of carbonyl (C=O) groups excluding carboxylic acids is 2. The molecule has 1 spiro atoms. The first kappa shape index (κ1) is 16.0. The highest BCUT2D eigenvalue weighted by Gasteiger charge is 2.45. The second-order valence-electron chi connectivity index (χ2n) is 5.89. The molecule has 2 heterocycles. The van der Waals surface area contributed by atoms with Crippen molar-refractivity contribution in [2.45, 2.75) is 44.6 Å². The van der Waals surface area contributed by atoms with E-state index in [1.54, 1.807) is 6.08 Å². The van der Waals surface area contributed by atoms with Crippen molar-refractivity contribution in [3.05, 3.63) is 12.7 Å². The molecule has 0 bridgehead atoms. The Morgan fingerprint density at radius 1 is 1.38 bits per heavy atom. The maximum absolute atomic E-state index is 12.1. The van der Waals surface area contributed by atoms with E-state index in [1.165, 1.54) is 0 Å². The van der Waals surface area contributed by atoms with E-state index in [4.69, 9.17) is 4.74 Å². The van der Waals surface area contributed by atoms with Crippen molar-refractivity contribution in [2.75, 3.05) is 32.8 Å². The lowest BCUT2D eigenvalue weighted by Crippen LogP contribution is -2.46. The highest BCUT2D eigenvalue weighted by molar-refractivity contribution is 5.80. The fourth-order valence-electron chi connectivity index (χ4n) is 3.53. The molecule has 5 nitrogen and oxygen atoms in total. The topological polar surface area (TPSA) is 49.9 Å². The van der Waals surface area contributed by atoms with E-state index >= 15 is 0 Å². The van der Waals surface area contributed by atoms with Crippen molar-refractivity contribution in [1.29, 1.82) is 0 Å². The van der Waals surface area contributed by atoms with Gasteiger partial charge < -0.3 is 14.5 Å². The quantitative estimate of drug-likeness (QED) is 0.723. The molecule has 2 saturated heterocycles. The van der Waals surface area contributed by atoms with E-state index < -0.39 is 0 Å². The van der Waals surface area contributed by atoms with Crippen LogP contribution >= 0.6 is 0 Å². The molecular weight excluding hydrogens is 268 g/mol. The van der Waals surface area contributed by atoms with Gasteiger partial charge in [-0.25, -0.2) is 0 Å². The first-order valence-corrected chi connectivity index (χ1v) is 7.90. The summed E-state index contributed by atoms with van der Waals surface area (Å²) in [5, 5.41) is 0. The number of ether oxygens (including phenoxy) is 1. The van der Waals surface area contributed by atoms with Gasteiger partial charge in [0.1, 0.15) is 6.61 Å². The maximum Gasteiger partial charge on any atom is 0.248 e. The number of nitrogens with zero attached hydrogens (tertiary/aromatic N) is 2. The highest BCUT2D eigenvalue weighted by atomic mass is 16.5. The van der Waals surface area contributed by atoms with Gasteiger partial charge in [-0.15, -0.1) is 6.58 Å². The summed E-state index contributed by atoms with van der Waals surface area (Å²) in [5.41, 5.74) is -0.0636. The number of likely N-dealkylation sites (tertiary alicyclic amines) is 2. The Morgan fingerprint density at radius 3 is 2.90 bits per heavy atom. The molecule has 0 aromatic rings. The minimum absolute atomic E-state index is 0.0634. The molecule has 5 heteroatoms. The minimum atomic E-state index is -0.0636. The predicted octanol–water partition coefficient (Wildman–Crippen LogP) is 1.58. The van der Waals surface area contributed by atoms with Crippen molar-refractivity contribution in [1.82, 2.24) is 9.80 Å². The minimum Gasteiger partial charge on any atom is -0.372 e. The lowest BCUT2D eigenvalue weighted by molar-refractivity contribution is -0.136. The third-order valence-electron chi connectivity index (χ3n) is 4.69. The molecular formula is C16H26N2O3. The first-order valence-electron chi connectivity index (χ1n) is 7.90. The van der Waals surface area contributed by atoms with Crippen molar-refractivity contribution < 1.29 is 14.3 Å². The normalized spacial score (nSPS) is 26.2. The van der Waals surface area contributed by atoms with Crippen molar-refractivity contribution in [3.8, 4) is 0 Å². The second kappa shape index (κ2) is 7.07. The maximum atomic E-state index is 12.1. The van der Waals surface area contributed by atoms with Gasteiger partial charge in [-0.2, -0.15) is 0 Å². The van der Waals surface area contributed by atoms with Gasteiger partial charge in [0.25, 0.3) is 0 Å². The van der Waals surface area contributed by atoms with E-state index in [2.05, 4.69) is 6.58 Å². The molecule has 0 aromatic heterocycles. The van der Waals surface area contributed by atoms with Crippen LogP contribution in [0.3, 0.4) is 0 Å². The number of carbonyl (C=O) groups is 2. The van der Waals surface area contributed by atoms with Gasteiger partial charge in [0.2, 0.25) is 11.8 Å². The number of amides is 2.